The summed E-state index contributed by atoms with van der Waals surface area (Å²) in [5.74, 6) is -0.348. The third kappa shape index (κ3) is 3.93. The molecule has 0 aliphatic carbocycles. The number of rotatable bonds is 3. The number of amides is 2. The molecular weight excluding hydrogens is 320 g/mol. The fourth-order valence-corrected chi connectivity index (χ4v) is 1.95. The van der Waals surface area contributed by atoms with Gasteiger partial charge in [0.05, 0.1) is 0 Å². The molecule has 0 fully saturated rings. The van der Waals surface area contributed by atoms with Crippen LogP contribution in [0.5, 0.6) is 0 Å². The zero-order valence-corrected chi connectivity index (χ0v) is 12.4. The second-order valence-electron chi connectivity index (χ2n) is 4.22. The highest BCUT2D eigenvalue weighted by molar-refractivity contribution is 9.10. The van der Waals surface area contributed by atoms with E-state index < -0.39 is 0 Å². The summed E-state index contributed by atoms with van der Waals surface area (Å²) in [5.41, 5.74) is 1.84. The van der Waals surface area contributed by atoms with Gasteiger partial charge in [-0.25, -0.2) is 0 Å². The van der Waals surface area contributed by atoms with E-state index in [0.717, 1.165) is 4.47 Å². The van der Waals surface area contributed by atoms with Gasteiger partial charge in [0.1, 0.15) is 0 Å². The van der Waals surface area contributed by atoms with Crippen LogP contribution in [0.2, 0.25) is 0 Å². The van der Waals surface area contributed by atoms with Gasteiger partial charge in [0.2, 0.25) is 5.91 Å². The standard InChI is InChI=1S/C15H13BrN2O2/c1-10(19)17-13-3-2-4-14(9-13)18-15(20)11-5-7-12(16)8-6-11/h2-9H,1H3,(H,17,19)(H,18,20). The molecule has 20 heavy (non-hydrogen) atoms. The average molecular weight is 333 g/mol. The quantitative estimate of drug-likeness (QED) is 0.901. The first-order valence-electron chi connectivity index (χ1n) is 5.99. The van der Waals surface area contributed by atoms with Crippen molar-refractivity contribution in [3.8, 4) is 0 Å². The fourth-order valence-electron chi connectivity index (χ4n) is 1.68. The van der Waals surface area contributed by atoms with Crippen molar-refractivity contribution >= 4 is 39.1 Å². The van der Waals surface area contributed by atoms with Gasteiger partial charge in [0.15, 0.2) is 0 Å². The van der Waals surface area contributed by atoms with E-state index in [1.165, 1.54) is 6.92 Å². The molecule has 2 amide bonds. The van der Waals surface area contributed by atoms with Gasteiger partial charge >= 0.3 is 0 Å². The molecule has 0 bridgehead atoms. The summed E-state index contributed by atoms with van der Waals surface area (Å²) in [5, 5.41) is 5.45. The molecule has 4 nitrogen and oxygen atoms in total. The molecule has 2 N–H and O–H groups in total. The van der Waals surface area contributed by atoms with E-state index in [9.17, 15) is 9.59 Å². The van der Waals surface area contributed by atoms with E-state index >= 15 is 0 Å². The Morgan fingerprint density at radius 1 is 0.950 bits per heavy atom. The maximum atomic E-state index is 12.0. The van der Waals surface area contributed by atoms with Crippen molar-refractivity contribution in [1.82, 2.24) is 0 Å². The molecule has 0 aliphatic heterocycles. The van der Waals surface area contributed by atoms with Gasteiger partial charge in [-0.2, -0.15) is 0 Å². The Morgan fingerprint density at radius 3 is 2.15 bits per heavy atom. The summed E-state index contributed by atoms with van der Waals surface area (Å²) in [7, 11) is 0. The molecule has 2 aromatic carbocycles. The number of benzene rings is 2. The van der Waals surface area contributed by atoms with Crippen LogP contribution in [0.3, 0.4) is 0 Å². The number of nitrogens with one attached hydrogen (secondary N) is 2. The number of hydrogen-bond donors (Lipinski definition) is 2. The second kappa shape index (κ2) is 6.34. The summed E-state index contributed by atoms with van der Waals surface area (Å²) in [6, 6.07) is 14.1. The largest absolute Gasteiger partial charge is 0.326 e. The van der Waals surface area contributed by atoms with Crippen molar-refractivity contribution < 1.29 is 9.59 Å². The predicted molar refractivity (Wildman–Crippen MR) is 82.8 cm³/mol. The van der Waals surface area contributed by atoms with E-state index in [-0.39, 0.29) is 11.8 Å². The van der Waals surface area contributed by atoms with Crippen LogP contribution in [-0.4, -0.2) is 11.8 Å². The van der Waals surface area contributed by atoms with Gasteiger partial charge in [-0.15, -0.1) is 0 Å². The normalized spacial score (nSPS) is 9.90. The Hall–Kier alpha value is -2.14. The van der Waals surface area contributed by atoms with Crippen LogP contribution < -0.4 is 10.6 Å². The average Bonchev–Trinajstić information content (AvgIpc) is 2.39. The van der Waals surface area contributed by atoms with E-state index in [1.807, 2.05) is 12.1 Å². The summed E-state index contributed by atoms with van der Waals surface area (Å²) < 4.78 is 0.918. The van der Waals surface area contributed by atoms with E-state index in [4.69, 9.17) is 0 Å². The first-order valence-corrected chi connectivity index (χ1v) is 6.78. The molecular formula is C15H13BrN2O2. The topological polar surface area (TPSA) is 58.2 Å². The molecule has 5 heteroatoms. The molecule has 0 saturated heterocycles. The fraction of sp³-hybridized carbons (Fsp3) is 0.0667. The SMILES string of the molecule is CC(=O)Nc1cccc(NC(=O)c2ccc(Br)cc2)c1. The highest BCUT2D eigenvalue weighted by Crippen LogP contribution is 2.17. The maximum Gasteiger partial charge on any atom is 0.255 e. The number of hydrogen-bond acceptors (Lipinski definition) is 2. The first-order chi connectivity index (χ1) is 9.54. The number of carbonyl (C=O) groups excluding carboxylic acids is 2. The zero-order valence-electron chi connectivity index (χ0n) is 10.8. The van der Waals surface area contributed by atoms with Gasteiger partial charge in [0, 0.05) is 28.3 Å². The van der Waals surface area contributed by atoms with Crippen LogP contribution >= 0.6 is 15.9 Å². The third-order valence-electron chi connectivity index (χ3n) is 2.55. The lowest BCUT2D eigenvalue weighted by atomic mass is 10.2. The minimum Gasteiger partial charge on any atom is -0.326 e. The predicted octanol–water partition coefficient (Wildman–Crippen LogP) is 3.66. The molecule has 0 heterocycles. The molecule has 2 aromatic rings. The molecule has 0 aliphatic rings. The van der Waals surface area contributed by atoms with Crippen LogP contribution in [0, 0.1) is 0 Å². The Morgan fingerprint density at radius 2 is 1.55 bits per heavy atom. The minimum atomic E-state index is -0.197. The Bertz CT molecular complexity index is 639. The molecule has 0 atom stereocenters. The van der Waals surface area contributed by atoms with Crippen molar-refractivity contribution in [3.63, 3.8) is 0 Å². The van der Waals surface area contributed by atoms with Crippen molar-refractivity contribution in [2.24, 2.45) is 0 Å². The zero-order chi connectivity index (χ0) is 14.5. The third-order valence-corrected chi connectivity index (χ3v) is 3.08. The van der Waals surface area contributed by atoms with Crippen molar-refractivity contribution in [2.45, 2.75) is 6.92 Å². The van der Waals surface area contributed by atoms with Crippen molar-refractivity contribution in [1.29, 1.82) is 0 Å². The van der Waals surface area contributed by atoms with Crippen LogP contribution in [0.15, 0.2) is 53.0 Å². The summed E-state index contributed by atoms with van der Waals surface area (Å²) in [4.78, 5) is 23.0. The highest BCUT2D eigenvalue weighted by Gasteiger charge is 2.06. The first kappa shape index (κ1) is 14.3. The smallest absolute Gasteiger partial charge is 0.255 e. The van der Waals surface area contributed by atoms with E-state index in [2.05, 4.69) is 26.6 Å². The van der Waals surface area contributed by atoms with E-state index in [0.29, 0.717) is 16.9 Å². The lowest BCUT2D eigenvalue weighted by Gasteiger charge is -2.08. The minimum absolute atomic E-state index is 0.151. The Kier molecular flexibility index (Phi) is 4.53. The summed E-state index contributed by atoms with van der Waals surface area (Å²) in [6.45, 7) is 1.44. The van der Waals surface area contributed by atoms with Gasteiger partial charge in [-0.1, -0.05) is 22.0 Å². The molecule has 0 radical (unpaired) electrons. The van der Waals surface area contributed by atoms with Gasteiger partial charge in [-0.05, 0) is 42.5 Å². The molecule has 0 spiro atoms. The lowest BCUT2D eigenvalue weighted by Crippen LogP contribution is -2.12. The van der Waals surface area contributed by atoms with Gasteiger partial charge in [0.25, 0.3) is 5.91 Å². The van der Waals surface area contributed by atoms with Crippen LogP contribution in [0.25, 0.3) is 0 Å². The van der Waals surface area contributed by atoms with E-state index in [1.54, 1.807) is 36.4 Å². The molecule has 102 valence electrons. The maximum absolute atomic E-state index is 12.0. The van der Waals surface area contributed by atoms with Crippen molar-refractivity contribution in [2.75, 3.05) is 10.6 Å². The second-order valence-corrected chi connectivity index (χ2v) is 5.14. The van der Waals surface area contributed by atoms with Crippen molar-refractivity contribution in [3.05, 3.63) is 58.6 Å². The van der Waals surface area contributed by atoms with Gasteiger partial charge in [-0.3, -0.25) is 9.59 Å². The highest BCUT2D eigenvalue weighted by atomic mass is 79.9. The number of halogens is 1. The summed E-state index contributed by atoms with van der Waals surface area (Å²) in [6.07, 6.45) is 0. The molecule has 0 unspecified atom stereocenters. The van der Waals surface area contributed by atoms with Gasteiger partial charge < -0.3 is 10.6 Å². The molecule has 0 saturated carbocycles. The number of anilines is 2. The lowest BCUT2D eigenvalue weighted by molar-refractivity contribution is -0.114. The van der Waals surface area contributed by atoms with Crippen LogP contribution in [0.4, 0.5) is 11.4 Å². The molecule has 2 rings (SSSR count). The number of carbonyl (C=O) groups is 2. The molecule has 0 aromatic heterocycles. The summed E-state index contributed by atoms with van der Waals surface area (Å²) >= 11 is 3.32. The monoisotopic (exact) mass is 332 g/mol. The Balaban J connectivity index is 2.11. The van der Waals surface area contributed by atoms with Crippen LogP contribution in [-0.2, 0) is 4.79 Å². The van der Waals surface area contributed by atoms with Crippen LogP contribution in [0.1, 0.15) is 17.3 Å². The Labute approximate surface area is 125 Å².